The number of sulfonamides is 1. The summed E-state index contributed by atoms with van der Waals surface area (Å²) in [4.78, 5) is 0. The van der Waals surface area contributed by atoms with Crippen molar-refractivity contribution in [1.82, 2.24) is 14.5 Å². The number of halogens is 1. The number of hydrogen-bond donors (Lipinski definition) is 2. The molecule has 0 amide bonds. The normalized spacial score (nSPS) is 21.5. The molecule has 1 aliphatic rings. The first-order chi connectivity index (χ1) is 9.90. The fourth-order valence-electron chi connectivity index (χ4n) is 2.70. The molecule has 0 aliphatic heterocycles. The highest BCUT2D eigenvalue weighted by molar-refractivity contribution is 7.89. The molecule has 3 rings (SSSR count). The van der Waals surface area contributed by atoms with E-state index in [-0.39, 0.29) is 16.1 Å². The molecule has 8 heteroatoms. The molecule has 1 aromatic carbocycles. The molecule has 1 aromatic heterocycles. The molecule has 0 spiro atoms. The summed E-state index contributed by atoms with van der Waals surface area (Å²) in [5.74, 6) is 0. The summed E-state index contributed by atoms with van der Waals surface area (Å²) in [7, 11) is -2.24. The lowest BCUT2D eigenvalue weighted by atomic mass is 10.1. The topological polar surface area (TPSA) is 90.0 Å². The van der Waals surface area contributed by atoms with Crippen molar-refractivity contribution < 1.29 is 8.42 Å². The molecule has 2 atom stereocenters. The molecule has 1 aliphatic carbocycles. The average Bonchev–Trinajstić information content (AvgIpc) is 2.91. The molecule has 6 nitrogen and oxygen atoms in total. The van der Waals surface area contributed by atoms with Crippen molar-refractivity contribution in [1.29, 1.82) is 0 Å². The standard InChI is InChI=1S/C13H15ClN4O2S/c1-18-13(10(14)7-16-18)21(19,20)17-11-6-8-4-2-3-5-9(8)12(11)15/h2-5,7,11-12,17H,6,15H2,1H3/t11-,12-/m1/s1. The van der Waals surface area contributed by atoms with E-state index in [0.717, 1.165) is 11.1 Å². The number of nitrogens with one attached hydrogen (secondary N) is 1. The minimum Gasteiger partial charge on any atom is -0.323 e. The van der Waals surface area contributed by atoms with E-state index in [2.05, 4.69) is 9.82 Å². The Kier molecular flexibility index (Phi) is 3.53. The molecule has 0 fully saturated rings. The van der Waals surface area contributed by atoms with Crippen LogP contribution in [-0.4, -0.2) is 24.2 Å². The Labute approximate surface area is 128 Å². The number of nitrogens with zero attached hydrogens (tertiary/aromatic N) is 2. The lowest BCUT2D eigenvalue weighted by molar-refractivity contribution is 0.506. The summed E-state index contributed by atoms with van der Waals surface area (Å²) in [5.41, 5.74) is 8.18. The van der Waals surface area contributed by atoms with Gasteiger partial charge in [-0.25, -0.2) is 13.1 Å². The lowest BCUT2D eigenvalue weighted by Gasteiger charge is -2.18. The smallest absolute Gasteiger partial charge is 0.259 e. The Bertz CT molecular complexity index is 768. The van der Waals surface area contributed by atoms with Gasteiger partial charge in [-0.05, 0) is 17.5 Å². The van der Waals surface area contributed by atoms with Crippen molar-refractivity contribution in [3.63, 3.8) is 0 Å². The zero-order chi connectivity index (χ0) is 15.2. The van der Waals surface area contributed by atoms with Crippen LogP contribution >= 0.6 is 11.6 Å². The Morgan fingerprint density at radius 2 is 2.14 bits per heavy atom. The quantitative estimate of drug-likeness (QED) is 0.879. The Morgan fingerprint density at radius 1 is 1.43 bits per heavy atom. The van der Waals surface area contributed by atoms with Crippen molar-refractivity contribution in [2.45, 2.75) is 23.5 Å². The maximum Gasteiger partial charge on any atom is 0.259 e. The molecule has 1 heterocycles. The van der Waals surface area contributed by atoms with Crippen molar-refractivity contribution in [3.8, 4) is 0 Å². The third-order valence-electron chi connectivity index (χ3n) is 3.69. The third kappa shape index (κ3) is 2.46. The first-order valence-electron chi connectivity index (χ1n) is 6.43. The third-order valence-corrected chi connectivity index (χ3v) is 5.69. The van der Waals surface area contributed by atoms with E-state index in [1.807, 2.05) is 24.3 Å². The molecule has 2 aromatic rings. The number of fused-ring (bicyclic) bond motifs is 1. The first kappa shape index (κ1) is 14.5. The fourth-order valence-corrected chi connectivity index (χ4v) is 4.61. The van der Waals surface area contributed by atoms with Crippen molar-refractivity contribution in [2.24, 2.45) is 12.8 Å². The molecule has 0 saturated carbocycles. The van der Waals surface area contributed by atoms with Gasteiger partial charge in [0.1, 0.15) is 0 Å². The van der Waals surface area contributed by atoms with E-state index in [9.17, 15) is 8.42 Å². The van der Waals surface area contributed by atoms with E-state index >= 15 is 0 Å². The van der Waals surface area contributed by atoms with E-state index in [1.54, 1.807) is 0 Å². The van der Waals surface area contributed by atoms with E-state index < -0.39 is 16.1 Å². The average molecular weight is 327 g/mol. The van der Waals surface area contributed by atoms with Crippen LogP contribution in [0, 0.1) is 0 Å². The van der Waals surface area contributed by atoms with Gasteiger partial charge in [0.25, 0.3) is 10.0 Å². The van der Waals surface area contributed by atoms with Crippen molar-refractivity contribution >= 4 is 21.6 Å². The maximum absolute atomic E-state index is 12.5. The van der Waals surface area contributed by atoms with Crippen LogP contribution in [0.5, 0.6) is 0 Å². The monoisotopic (exact) mass is 326 g/mol. The van der Waals surface area contributed by atoms with Crippen LogP contribution in [-0.2, 0) is 23.5 Å². The van der Waals surface area contributed by atoms with Gasteiger partial charge >= 0.3 is 0 Å². The minimum atomic E-state index is -3.77. The van der Waals surface area contributed by atoms with Crippen LogP contribution in [0.25, 0.3) is 0 Å². The molecule has 0 unspecified atom stereocenters. The van der Waals surface area contributed by atoms with Gasteiger partial charge in [0.15, 0.2) is 5.03 Å². The van der Waals surface area contributed by atoms with Crippen LogP contribution in [0.1, 0.15) is 17.2 Å². The second kappa shape index (κ2) is 5.10. The van der Waals surface area contributed by atoms with Gasteiger partial charge in [0.05, 0.1) is 11.2 Å². The summed E-state index contributed by atoms with van der Waals surface area (Å²) in [6.45, 7) is 0. The van der Waals surface area contributed by atoms with Gasteiger partial charge in [-0.1, -0.05) is 35.9 Å². The molecule has 0 radical (unpaired) electrons. The van der Waals surface area contributed by atoms with E-state index in [0.29, 0.717) is 6.42 Å². The van der Waals surface area contributed by atoms with Crippen molar-refractivity contribution in [3.05, 3.63) is 46.6 Å². The number of nitrogens with two attached hydrogens (primary N) is 1. The first-order valence-corrected chi connectivity index (χ1v) is 8.29. The molecular weight excluding hydrogens is 312 g/mol. The molecule has 3 N–H and O–H groups in total. The second-order valence-electron chi connectivity index (χ2n) is 5.08. The second-order valence-corrected chi connectivity index (χ2v) is 7.11. The summed E-state index contributed by atoms with van der Waals surface area (Å²) in [6, 6.07) is 6.93. The lowest BCUT2D eigenvalue weighted by Crippen LogP contribution is -2.41. The predicted octanol–water partition coefficient (Wildman–Crippen LogP) is 0.976. The molecular formula is C13H15ClN4O2S. The summed E-state index contributed by atoms with van der Waals surface area (Å²) < 4.78 is 28.8. The largest absolute Gasteiger partial charge is 0.323 e. The highest BCUT2D eigenvalue weighted by Gasteiger charge is 2.34. The van der Waals surface area contributed by atoms with Gasteiger partial charge in [0.2, 0.25) is 0 Å². The van der Waals surface area contributed by atoms with Crippen LogP contribution in [0.3, 0.4) is 0 Å². The summed E-state index contributed by atoms with van der Waals surface area (Å²) in [5, 5.41) is 3.89. The molecule has 21 heavy (non-hydrogen) atoms. The predicted molar refractivity (Wildman–Crippen MR) is 79.4 cm³/mol. The number of hydrogen-bond acceptors (Lipinski definition) is 4. The summed E-state index contributed by atoms with van der Waals surface area (Å²) >= 11 is 5.91. The van der Waals surface area contributed by atoms with E-state index in [1.165, 1.54) is 17.9 Å². The Balaban J connectivity index is 1.89. The number of aromatic nitrogens is 2. The zero-order valence-electron chi connectivity index (χ0n) is 11.3. The Morgan fingerprint density at radius 3 is 2.76 bits per heavy atom. The van der Waals surface area contributed by atoms with Crippen molar-refractivity contribution in [2.75, 3.05) is 0 Å². The molecule has 112 valence electrons. The van der Waals surface area contributed by atoms with Gasteiger partial charge in [-0.3, -0.25) is 4.68 Å². The number of aryl methyl sites for hydroxylation is 1. The minimum absolute atomic E-state index is 0.0488. The highest BCUT2D eigenvalue weighted by Crippen LogP contribution is 2.31. The number of rotatable bonds is 3. The van der Waals surface area contributed by atoms with Gasteiger partial charge in [-0.2, -0.15) is 5.10 Å². The number of benzene rings is 1. The van der Waals surface area contributed by atoms with Gasteiger partial charge in [-0.15, -0.1) is 0 Å². The highest BCUT2D eigenvalue weighted by atomic mass is 35.5. The fraction of sp³-hybridized carbons (Fsp3) is 0.308. The van der Waals surface area contributed by atoms with Crippen LogP contribution in [0.4, 0.5) is 0 Å². The maximum atomic E-state index is 12.5. The molecule has 0 bridgehead atoms. The van der Waals surface area contributed by atoms with Crippen LogP contribution in [0.2, 0.25) is 5.02 Å². The summed E-state index contributed by atoms with van der Waals surface area (Å²) in [6.07, 6.45) is 1.87. The van der Waals surface area contributed by atoms with Gasteiger partial charge < -0.3 is 5.73 Å². The zero-order valence-corrected chi connectivity index (χ0v) is 12.9. The molecule has 0 saturated heterocycles. The van der Waals surface area contributed by atoms with Crippen LogP contribution < -0.4 is 10.5 Å². The SMILES string of the molecule is Cn1ncc(Cl)c1S(=O)(=O)N[C@@H]1Cc2ccccc2[C@H]1N. The van der Waals surface area contributed by atoms with Gasteiger partial charge in [0, 0.05) is 19.1 Å². The van der Waals surface area contributed by atoms with E-state index in [4.69, 9.17) is 17.3 Å². The van der Waals surface area contributed by atoms with Crippen LogP contribution in [0.15, 0.2) is 35.5 Å². The Hall–Kier alpha value is -1.41.